The van der Waals surface area contributed by atoms with E-state index in [1.807, 2.05) is 6.07 Å². The van der Waals surface area contributed by atoms with Gasteiger partial charge in [0.05, 0.1) is 12.5 Å². The number of nitriles is 1. The van der Waals surface area contributed by atoms with Crippen molar-refractivity contribution >= 4 is 12.0 Å². The second kappa shape index (κ2) is 8.39. The van der Waals surface area contributed by atoms with E-state index in [0.29, 0.717) is 25.8 Å². The predicted octanol–water partition coefficient (Wildman–Crippen LogP) is 1.18. The van der Waals surface area contributed by atoms with E-state index in [-0.39, 0.29) is 18.5 Å². The Labute approximate surface area is 101 Å². The number of nitrogens with zero attached hydrogens (tertiary/aromatic N) is 2. The van der Waals surface area contributed by atoms with Gasteiger partial charge in [0.1, 0.15) is 0 Å². The number of unbranched alkanes of at least 4 members (excludes halogenated alkanes) is 1. The third-order valence-corrected chi connectivity index (χ3v) is 2.46. The Morgan fingerprint density at radius 2 is 2.12 bits per heavy atom. The molecule has 0 bridgehead atoms. The second-order valence-corrected chi connectivity index (χ2v) is 3.90. The van der Waals surface area contributed by atoms with Gasteiger partial charge in [0.2, 0.25) is 0 Å². The lowest BCUT2D eigenvalue weighted by molar-refractivity contribution is -0.137. The van der Waals surface area contributed by atoms with Crippen molar-refractivity contribution < 1.29 is 14.7 Å². The molecule has 2 N–H and O–H groups in total. The number of urea groups is 1. The highest BCUT2D eigenvalue weighted by Crippen LogP contribution is 2.00. The second-order valence-electron chi connectivity index (χ2n) is 3.90. The fourth-order valence-corrected chi connectivity index (χ4v) is 1.19. The molecule has 1 atom stereocenters. The Bertz CT molecular complexity index is 299. The molecule has 0 saturated heterocycles. The summed E-state index contributed by atoms with van der Waals surface area (Å²) >= 11 is 0. The first-order valence-corrected chi connectivity index (χ1v) is 5.58. The van der Waals surface area contributed by atoms with Crippen LogP contribution in [0.1, 0.15) is 32.6 Å². The van der Waals surface area contributed by atoms with Gasteiger partial charge in [0.25, 0.3) is 0 Å². The minimum absolute atomic E-state index is 0.122. The number of aliphatic carboxylic acids is 1. The van der Waals surface area contributed by atoms with Gasteiger partial charge in [-0.2, -0.15) is 5.26 Å². The number of hydrogen-bond donors (Lipinski definition) is 2. The van der Waals surface area contributed by atoms with Crippen LogP contribution in [0.15, 0.2) is 0 Å². The number of rotatable bonds is 7. The third kappa shape index (κ3) is 7.17. The summed E-state index contributed by atoms with van der Waals surface area (Å²) in [5, 5.41) is 19.6. The Balaban J connectivity index is 3.71. The molecule has 0 aromatic carbocycles. The SMILES string of the molecule is CC(CC#N)N(C)C(=O)NCCCCC(=O)O. The molecule has 1 unspecified atom stereocenters. The molecule has 2 amide bonds. The first kappa shape index (κ1) is 15.2. The molecule has 0 aliphatic rings. The zero-order valence-electron chi connectivity index (χ0n) is 10.3. The molecule has 96 valence electrons. The van der Waals surface area contributed by atoms with E-state index in [9.17, 15) is 9.59 Å². The summed E-state index contributed by atoms with van der Waals surface area (Å²) in [6, 6.07) is 1.65. The van der Waals surface area contributed by atoms with E-state index in [2.05, 4.69) is 5.32 Å². The maximum Gasteiger partial charge on any atom is 0.317 e. The summed E-state index contributed by atoms with van der Waals surface area (Å²) < 4.78 is 0. The Morgan fingerprint density at radius 3 is 2.65 bits per heavy atom. The molecule has 0 heterocycles. The standard InChI is InChI=1S/C11H19N3O3/c1-9(6-7-12)14(2)11(17)13-8-4-3-5-10(15)16/h9H,3-6,8H2,1-2H3,(H,13,17)(H,15,16). The van der Waals surface area contributed by atoms with Crippen LogP contribution in [0.4, 0.5) is 4.79 Å². The number of carbonyl (C=O) groups excluding carboxylic acids is 1. The van der Waals surface area contributed by atoms with Crippen molar-refractivity contribution in [1.82, 2.24) is 10.2 Å². The van der Waals surface area contributed by atoms with Gasteiger partial charge in [-0.15, -0.1) is 0 Å². The highest BCUT2D eigenvalue weighted by atomic mass is 16.4. The van der Waals surface area contributed by atoms with E-state index in [1.54, 1.807) is 14.0 Å². The largest absolute Gasteiger partial charge is 0.481 e. The Kier molecular flexibility index (Phi) is 7.52. The molecule has 6 heteroatoms. The molecule has 0 radical (unpaired) electrons. The molecule has 17 heavy (non-hydrogen) atoms. The van der Waals surface area contributed by atoms with Crippen LogP contribution in [-0.2, 0) is 4.79 Å². The summed E-state index contributed by atoms with van der Waals surface area (Å²) in [6.45, 7) is 2.25. The van der Waals surface area contributed by atoms with Crippen LogP contribution in [0.3, 0.4) is 0 Å². The van der Waals surface area contributed by atoms with Gasteiger partial charge in [-0.1, -0.05) is 0 Å². The van der Waals surface area contributed by atoms with Gasteiger partial charge < -0.3 is 15.3 Å². The zero-order chi connectivity index (χ0) is 13.3. The fourth-order valence-electron chi connectivity index (χ4n) is 1.19. The number of carboxylic acids is 1. The van der Waals surface area contributed by atoms with Crippen LogP contribution in [0.5, 0.6) is 0 Å². The topological polar surface area (TPSA) is 93.4 Å². The van der Waals surface area contributed by atoms with Crippen LogP contribution >= 0.6 is 0 Å². The van der Waals surface area contributed by atoms with Crippen molar-refractivity contribution in [2.45, 2.75) is 38.6 Å². The van der Waals surface area contributed by atoms with E-state index in [0.717, 1.165) is 0 Å². The number of carboxylic acid groups (broad SMARTS) is 1. The quantitative estimate of drug-likeness (QED) is 0.654. The zero-order valence-corrected chi connectivity index (χ0v) is 10.3. The van der Waals surface area contributed by atoms with Crippen molar-refractivity contribution in [3.63, 3.8) is 0 Å². The van der Waals surface area contributed by atoms with Crippen molar-refractivity contribution in [3.05, 3.63) is 0 Å². The normalized spacial score (nSPS) is 11.4. The average Bonchev–Trinajstić information content (AvgIpc) is 2.27. The summed E-state index contributed by atoms with van der Waals surface area (Å²) in [5.74, 6) is -0.823. The molecule has 0 aromatic heterocycles. The summed E-state index contributed by atoms with van der Waals surface area (Å²) in [6.07, 6.45) is 1.60. The van der Waals surface area contributed by atoms with Gasteiger partial charge in [-0.05, 0) is 19.8 Å². The molecule has 0 aliphatic heterocycles. The lowest BCUT2D eigenvalue weighted by Gasteiger charge is -2.23. The predicted molar refractivity (Wildman–Crippen MR) is 62.3 cm³/mol. The highest BCUT2D eigenvalue weighted by molar-refractivity contribution is 5.74. The third-order valence-electron chi connectivity index (χ3n) is 2.46. The molecule has 0 spiro atoms. The van der Waals surface area contributed by atoms with Crippen molar-refractivity contribution in [2.24, 2.45) is 0 Å². The minimum Gasteiger partial charge on any atom is -0.481 e. The van der Waals surface area contributed by atoms with Crippen molar-refractivity contribution in [1.29, 1.82) is 5.26 Å². The minimum atomic E-state index is -0.823. The molecule has 6 nitrogen and oxygen atoms in total. The van der Waals surface area contributed by atoms with Crippen LogP contribution in [-0.4, -0.2) is 41.6 Å². The number of carbonyl (C=O) groups is 2. The van der Waals surface area contributed by atoms with Crippen LogP contribution in [0, 0.1) is 11.3 Å². The van der Waals surface area contributed by atoms with Gasteiger partial charge in [-0.3, -0.25) is 4.79 Å². The van der Waals surface area contributed by atoms with Gasteiger partial charge in [0.15, 0.2) is 0 Å². The smallest absolute Gasteiger partial charge is 0.317 e. The first-order valence-electron chi connectivity index (χ1n) is 5.58. The van der Waals surface area contributed by atoms with Gasteiger partial charge in [-0.25, -0.2) is 4.79 Å². The van der Waals surface area contributed by atoms with Crippen LogP contribution in [0.25, 0.3) is 0 Å². The number of nitrogens with one attached hydrogen (secondary N) is 1. The number of amides is 2. The molecule has 0 aliphatic carbocycles. The summed E-state index contributed by atoms with van der Waals surface area (Å²) in [7, 11) is 1.63. The lowest BCUT2D eigenvalue weighted by atomic mass is 10.2. The summed E-state index contributed by atoms with van der Waals surface area (Å²) in [5.41, 5.74) is 0. The molecular formula is C11H19N3O3. The molecular weight excluding hydrogens is 222 g/mol. The van der Waals surface area contributed by atoms with Crippen LogP contribution < -0.4 is 5.32 Å². The molecule has 0 rings (SSSR count). The maximum absolute atomic E-state index is 11.5. The van der Waals surface area contributed by atoms with E-state index in [4.69, 9.17) is 10.4 Å². The molecule has 0 aromatic rings. The van der Waals surface area contributed by atoms with Crippen LogP contribution in [0.2, 0.25) is 0 Å². The van der Waals surface area contributed by atoms with Crippen molar-refractivity contribution in [3.8, 4) is 6.07 Å². The summed E-state index contributed by atoms with van der Waals surface area (Å²) in [4.78, 5) is 23.3. The highest BCUT2D eigenvalue weighted by Gasteiger charge is 2.14. The van der Waals surface area contributed by atoms with Crippen molar-refractivity contribution in [2.75, 3.05) is 13.6 Å². The lowest BCUT2D eigenvalue weighted by Crippen LogP contribution is -2.42. The Morgan fingerprint density at radius 1 is 1.47 bits per heavy atom. The van der Waals surface area contributed by atoms with Gasteiger partial charge >= 0.3 is 12.0 Å². The monoisotopic (exact) mass is 241 g/mol. The Hall–Kier alpha value is -1.77. The van der Waals surface area contributed by atoms with Gasteiger partial charge in [0, 0.05) is 26.1 Å². The first-order chi connectivity index (χ1) is 7.99. The van der Waals surface area contributed by atoms with E-state index >= 15 is 0 Å². The average molecular weight is 241 g/mol. The molecule has 0 saturated carbocycles. The molecule has 0 fully saturated rings. The fraction of sp³-hybridized carbons (Fsp3) is 0.727. The van der Waals surface area contributed by atoms with E-state index in [1.165, 1.54) is 4.90 Å². The van der Waals surface area contributed by atoms with E-state index < -0.39 is 5.97 Å². The number of hydrogen-bond acceptors (Lipinski definition) is 3. The maximum atomic E-state index is 11.5.